The smallest absolute Gasteiger partial charge is 0.194 e. The van der Waals surface area contributed by atoms with Gasteiger partial charge in [0.2, 0.25) is 0 Å². The monoisotopic (exact) mass is 368 g/mol. The SMILES string of the molecule is CCNC(=NCC1(CCOC)CCCC1)N(C)Cc1cc(Cl)cn1C. The lowest BCUT2D eigenvalue weighted by Crippen LogP contribution is -2.39. The van der Waals surface area contributed by atoms with Gasteiger partial charge in [-0.25, -0.2) is 0 Å². The number of aryl methyl sites for hydroxylation is 1. The third-order valence-electron chi connectivity index (χ3n) is 5.24. The van der Waals surface area contributed by atoms with Crippen LogP contribution in [-0.2, 0) is 18.3 Å². The Balaban J connectivity index is 2.06. The lowest BCUT2D eigenvalue weighted by Gasteiger charge is -2.29. The van der Waals surface area contributed by atoms with Crippen molar-refractivity contribution in [3.63, 3.8) is 0 Å². The van der Waals surface area contributed by atoms with Gasteiger partial charge in [-0.15, -0.1) is 0 Å². The molecule has 0 spiro atoms. The number of guanidine groups is 1. The van der Waals surface area contributed by atoms with Crippen LogP contribution in [0.2, 0.25) is 5.02 Å². The van der Waals surface area contributed by atoms with Gasteiger partial charge in [-0.05, 0) is 37.7 Å². The van der Waals surface area contributed by atoms with E-state index in [1.165, 1.54) is 31.4 Å². The second-order valence-electron chi connectivity index (χ2n) is 7.24. The summed E-state index contributed by atoms with van der Waals surface area (Å²) in [5, 5.41) is 4.20. The van der Waals surface area contributed by atoms with Crippen LogP contribution in [0.4, 0.5) is 0 Å². The number of halogens is 1. The van der Waals surface area contributed by atoms with E-state index in [0.29, 0.717) is 5.41 Å². The Hall–Kier alpha value is -1.20. The fourth-order valence-corrected chi connectivity index (χ4v) is 3.96. The molecule has 0 aromatic carbocycles. The van der Waals surface area contributed by atoms with Gasteiger partial charge in [-0.3, -0.25) is 4.99 Å². The number of methoxy groups -OCH3 is 1. The molecule has 0 saturated heterocycles. The maximum absolute atomic E-state index is 6.11. The molecule has 5 nitrogen and oxygen atoms in total. The average Bonchev–Trinajstić information content (AvgIpc) is 3.16. The maximum atomic E-state index is 6.11. The van der Waals surface area contributed by atoms with Crippen molar-refractivity contribution in [3.8, 4) is 0 Å². The molecule has 0 aliphatic heterocycles. The molecule has 25 heavy (non-hydrogen) atoms. The van der Waals surface area contributed by atoms with Gasteiger partial charge >= 0.3 is 0 Å². The molecule has 0 radical (unpaired) electrons. The van der Waals surface area contributed by atoms with Crippen molar-refractivity contribution in [3.05, 3.63) is 23.0 Å². The van der Waals surface area contributed by atoms with Crippen LogP contribution in [0.1, 0.15) is 44.7 Å². The third kappa shape index (κ3) is 5.65. The number of aliphatic imine (C=N–C) groups is 1. The first kappa shape index (κ1) is 20.1. The highest BCUT2D eigenvalue weighted by atomic mass is 35.5. The van der Waals surface area contributed by atoms with Crippen LogP contribution < -0.4 is 5.32 Å². The molecule has 1 aliphatic rings. The zero-order chi connectivity index (χ0) is 18.3. The van der Waals surface area contributed by atoms with Crippen LogP contribution in [0, 0.1) is 5.41 Å². The highest BCUT2D eigenvalue weighted by Crippen LogP contribution is 2.41. The summed E-state index contributed by atoms with van der Waals surface area (Å²) in [6, 6.07) is 2.01. The standard InChI is InChI=1S/C19H33ClN4O/c1-5-21-18(24(3)14-17-12-16(20)13-23(17)2)22-15-19(10-11-25-4)8-6-7-9-19/h12-13H,5-11,14-15H2,1-4H3,(H,21,22). The van der Waals surface area contributed by atoms with E-state index in [2.05, 4.69) is 28.8 Å². The van der Waals surface area contributed by atoms with Gasteiger partial charge in [0.15, 0.2) is 5.96 Å². The van der Waals surface area contributed by atoms with Crippen LogP contribution in [0.5, 0.6) is 0 Å². The Kier molecular flexibility index (Phi) is 7.63. The predicted molar refractivity (Wildman–Crippen MR) is 105 cm³/mol. The molecule has 1 aromatic heterocycles. The molecule has 0 atom stereocenters. The van der Waals surface area contributed by atoms with E-state index in [1.807, 2.05) is 19.3 Å². The predicted octanol–water partition coefficient (Wildman–Crippen LogP) is 3.67. The van der Waals surface area contributed by atoms with Crippen LogP contribution >= 0.6 is 11.6 Å². The molecule has 1 aromatic rings. The van der Waals surface area contributed by atoms with Crippen molar-refractivity contribution in [2.45, 2.75) is 45.6 Å². The molecule has 6 heteroatoms. The molecule has 0 unspecified atom stereocenters. The molecule has 142 valence electrons. The Bertz CT molecular complexity index is 564. The summed E-state index contributed by atoms with van der Waals surface area (Å²) in [6.07, 6.45) is 8.18. The van der Waals surface area contributed by atoms with E-state index >= 15 is 0 Å². The minimum atomic E-state index is 0.311. The molecule has 2 rings (SSSR count). The highest BCUT2D eigenvalue weighted by molar-refractivity contribution is 6.30. The third-order valence-corrected chi connectivity index (χ3v) is 5.44. The molecule has 1 saturated carbocycles. The second-order valence-corrected chi connectivity index (χ2v) is 7.67. The van der Waals surface area contributed by atoms with Gasteiger partial charge in [-0.2, -0.15) is 0 Å². The van der Waals surface area contributed by atoms with Crippen LogP contribution in [0.3, 0.4) is 0 Å². The van der Waals surface area contributed by atoms with Gasteiger partial charge in [0.1, 0.15) is 0 Å². The largest absolute Gasteiger partial charge is 0.385 e. The first-order valence-corrected chi connectivity index (χ1v) is 9.66. The summed E-state index contributed by atoms with van der Waals surface area (Å²) in [7, 11) is 5.89. The van der Waals surface area contributed by atoms with Crippen molar-refractivity contribution in [1.29, 1.82) is 0 Å². The number of aromatic nitrogens is 1. The Labute approximate surface area is 157 Å². The number of ether oxygens (including phenoxy) is 1. The Morgan fingerprint density at radius 2 is 2.16 bits per heavy atom. The van der Waals surface area contributed by atoms with E-state index in [1.54, 1.807) is 7.11 Å². The van der Waals surface area contributed by atoms with Crippen LogP contribution in [0.15, 0.2) is 17.3 Å². The molecule has 1 heterocycles. The average molecular weight is 369 g/mol. The van der Waals surface area contributed by atoms with E-state index < -0.39 is 0 Å². The van der Waals surface area contributed by atoms with Crippen LogP contribution in [0.25, 0.3) is 0 Å². The molecule has 0 amide bonds. The maximum Gasteiger partial charge on any atom is 0.194 e. The van der Waals surface area contributed by atoms with Crippen molar-refractivity contribution in [1.82, 2.24) is 14.8 Å². The fraction of sp³-hybridized carbons (Fsp3) is 0.737. The number of nitrogens with zero attached hydrogens (tertiary/aromatic N) is 3. The van der Waals surface area contributed by atoms with Crippen molar-refractivity contribution in [2.75, 3.05) is 33.9 Å². The number of nitrogens with one attached hydrogen (secondary N) is 1. The molecule has 1 aliphatic carbocycles. The summed E-state index contributed by atoms with van der Waals surface area (Å²) in [5.41, 5.74) is 1.49. The summed E-state index contributed by atoms with van der Waals surface area (Å²) < 4.78 is 7.40. The normalized spacial score (nSPS) is 17.1. The summed E-state index contributed by atoms with van der Waals surface area (Å²) in [6.45, 7) is 5.45. The van der Waals surface area contributed by atoms with E-state index in [4.69, 9.17) is 21.3 Å². The zero-order valence-electron chi connectivity index (χ0n) is 16.1. The van der Waals surface area contributed by atoms with Gasteiger partial charge in [0, 0.05) is 52.8 Å². The van der Waals surface area contributed by atoms with E-state index in [-0.39, 0.29) is 0 Å². The Morgan fingerprint density at radius 1 is 1.44 bits per heavy atom. The van der Waals surface area contributed by atoms with Gasteiger partial charge in [-0.1, -0.05) is 24.4 Å². The minimum absolute atomic E-state index is 0.311. The first-order valence-electron chi connectivity index (χ1n) is 9.29. The van der Waals surface area contributed by atoms with E-state index in [9.17, 15) is 0 Å². The topological polar surface area (TPSA) is 41.8 Å². The zero-order valence-corrected chi connectivity index (χ0v) is 16.9. The summed E-state index contributed by atoms with van der Waals surface area (Å²) in [5.74, 6) is 0.962. The molecule has 1 N–H and O–H groups in total. The van der Waals surface area contributed by atoms with E-state index in [0.717, 1.165) is 43.6 Å². The molecular weight excluding hydrogens is 336 g/mol. The van der Waals surface area contributed by atoms with Crippen molar-refractivity contribution >= 4 is 17.6 Å². The van der Waals surface area contributed by atoms with Crippen molar-refractivity contribution in [2.24, 2.45) is 17.5 Å². The number of hydrogen-bond acceptors (Lipinski definition) is 2. The molecular formula is C19H33ClN4O. The van der Waals surface area contributed by atoms with Gasteiger partial charge in [0.25, 0.3) is 0 Å². The summed E-state index contributed by atoms with van der Waals surface area (Å²) in [4.78, 5) is 7.16. The minimum Gasteiger partial charge on any atom is -0.385 e. The van der Waals surface area contributed by atoms with Crippen LogP contribution in [-0.4, -0.2) is 49.3 Å². The van der Waals surface area contributed by atoms with Gasteiger partial charge in [0.05, 0.1) is 11.6 Å². The van der Waals surface area contributed by atoms with Gasteiger partial charge < -0.3 is 19.5 Å². The summed E-state index contributed by atoms with van der Waals surface area (Å²) >= 11 is 6.11. The second kappa shape index (κ2) is 9.48. The molecule has 0 bridgehead atoms. The highest BCUT2D eigenvalue weighted by Gasteiger charge is 2.33. The number of hydrogen-bond donors (Lipinski definition) is 1. The first-order chi connectivity index (χ1) is 12.0. The van der Waals surface area contributed by atoms with Crippen molar-refractivity contribution < 1.29 is 4.74 Å². The number of rotatable bonds is 8. The lowest BCUT2D eigenvalue weighted by atomic mass is 9.83. The fourth-order valence-electron chi connectivity index (χ4n) is 3.68. The molecule has 1 fully saturated rings. The lowest BCUT2D eigenvalue weighted by molar-refractivity contribution is 0.141. The quantitative estimate of drug-likeness (QED) is 0.562. The Morgan fingerprint density at radius 3 is 2.72 bits per heavy atom.